The molecule has 2 aromatic rings. The number of nitrogens with two attached hydrogens (primary N) is 1. The van der Waals surface area contributed by atoms with E-state index >= 15 is 0 Å². The van der Waals surface area contributed by atoms with Crippen molar-refractivity contribution in [3.63, 3.8) is 0 Å². The molecule has 2 aromatic carbocycles. The molecule has 0 amide bonds. The number of carboxylic acid groups (broad SMARTS) is 1. The van der Waals surface area contributed by atoms with Gasteiger partial charge < -0.3 is 39.3 Å². The first kappa shape index (κ1) is 39.1. The van der Waals surface area contributed by atoms with Crippen LogP contribution in [0.25, 0.3) is 10.8 Å². The fraction of sp³-hybridized carbons (Fsp3) is 0.485. The smallest absolute Gasteiger partial charge is 0.328 e. The van der Waals surface area contributed by atoms with Gasteiger partial charge in [-0.2, -0.15) is 0 Å². The summed E-state index contributed by atoms with van der Waals surface area (Å²) < 4.78 is 32.3. The van der Waals surface area contributed by atoms with E-state index in [9.17, 15) is 33.9 Å². The molecular formula is C33H42N2O13. The van der Waals surface area contributed by atoms with Gasteiger partial charge in [-0.15, -0.1) is 0 Å². The van der Waals surface area contributed by atoms with E-state index in [0.29, 0.717) is 17.7 Å². The number of aliphatic carboxylic acids is 1. The number of carbonyl (C=O) groups excluding carboxylic acids is 5. The number of nitrogens with zero attached hydrogens (tertiary/aromatic N) is 1. The third-order valence-electron chi connectivity index (χ3n) is 6.93. The Hall–Kier alpha value is -5.05. The van der Waals surface area contributed by atoms with Crippen molar-refractivity contribution >= 4 is 52.8 Å². The molecule has 0 fully saturated rings. The van der Waals surface area contributed by atoms with Crippen molar-refractivity contribution in [3.05, 3.63) is 42.0 Å². The van der Waals surface area contributed by atoms with E-state index < -0.39 is 78.8 Å². The molecule has 3 N–H and O–H groups in total. The maximum absolute atomic E-state index is 13.2. The van der Waals surface area contributed by atoms with Crippen LogP contribution in [0.2, 0.25) is 0 Å². The number of carboxylic acids is 1. The number of esters is 5. The lowest BCUT2D eigenvalue weighted by Crippen LogP contribution is -2.53. The molecule has 262 valence electrons. The van der Waals surface area contributed by atoms with Crippen LogP contribution in [0, 0.1) is 0 Å². The number of ether oxygens (including phenoxy) is 6. The summed E-state index contributed by atoms with van der Waals surface area (Å²) in [5, 5.41) is 11.3. The van der Waals surface area contributed by atoms with Crippen LogP contribution in [0.15, 0.2) is 41.4 Å². The largest absolute Gasteiger partial charge is 0.497 e. The summed E-state index contributed by atoms with van der Waals surface area (Å²) in [5.41, 5.74) is 6.11. The standard InChI is InChI=1S/C33H42N2O13/c1-18(23-9-10-25-15-26(43-6)12-11-24(25)14-23)33(42)44-17-29(46-20(3)37)31(48-22(5)39)30(47-21(4)38)28(45-19(2)36)16-35-27(32(40)41)8-7-13-34/h9-12,14-16,18,27-31H,7-8,13,17,34H2,1-6H3,(H,40,41)/t18?,27-,28?,29?,30?,31?/m0/s1. The number of methoxy groups -OCH3 is 1. The maximum Gasteiger partial charge on any atom is 0.328 e. The summed E-state index contributed by atoms with van der Waals surface area (Å²) >= 11 is 0. The summed E-state index contributed by atoms with van der Waals surface area (Å²) in [6.07, 6.45) is -5.42. The predicted molar refractivity (Wildman–Crippen MR) is 170 cm³/mol. The van der Waals surface area contributed by atoms with Crippen molar-refractivity contribution in [2.75, 3.05) is 20.3 Å². The maximum atomic E-state index is 13.2. The average molecular weight is 675 g/mol. The van der Waals surface area contributed by atoms with E-state index in [4.69, 9.17) is 34.2 Å². The summed E-state index contributed by atoms with van der Waals surface area (Å²) in [7, 11) is 1.56. The Morgan fingerprint density at radius 2 is 1.42 bits per heavy atom. The third kappa shape index (κ3) is 12.3. The highest BCUT2D eigenvalue weighted by atomic mass is 16.6. The summed E-state index contributed by atoms with van der Waals surface area (Å²) in [4.78, 5) is 77.8. The molecule has 0 saturated heterocycles. The van der Waals surface area contributed by atoms with Gasteiger partial charge in [0.15, 0.2) is 24.4 Å². The molecule has 0 aromatic heterocycles. The number of carbonyl (C=O) groups is 6. The van der Waals surface area contributed by atoms with E-state index in [1.165, 1.54) is 0 Å². The molecule has 0 heterocycles. The Balaban J connectivity index is 2.46. The molecule has 0 saturated carbocycles. The molecule has 0 aliphatic rings. The lowest BCUT2D eigenvalue weighted by atomic mass is 9.97. The van der Waals surface area contributed by atoms with Gasteiger partial charge >= 0.3 is 35.8 Å². The quantitative estimate of drug-likeness (QED) is 0.132. The van der Waals surface area contributed by atoms with Gasteiger partial charge in [-0.3, -0.25) is 29.0 Å². The Bertz CT molecular complexity index is 1490. The number of fused-ring (bicyclic) bond motifs is 1. The second-order valence-electron chi connectivity index (χ2n) is 10.8. The zero-order valence-electron chi connectivity index (χ0n) is 27.7. The minimum atomic E-state index is -1.74. The van der Waals surface area contributed by atoms with Crippen LogP contribution in [0.5, 0.6) is 5.75 Å². The van der Waals surface area contributed by atoms with Crippen molar-refractivity contribution in [1.82, 2.24) is 0 Å². The molecule has 0 radical (unpaired) electrons. The van der Waals surface area contributed by atoms with Crippen molar-refractivity contribution < 1.29 is 62.3 Å². The number of rotatable bonds is 18. The third-order valence-corrected chi connectivity index (χ3v) is 6.93. The molecule has 0 bridgehead atoms. The van der Waals surface area contributed by atoms with Crippen molar-refractivity contribution in [3.8, 4) is 5.75 Å². The Morgan fingerprint density at radius 3 is 1.98 bits per heavy atom. The van der Waals surface area contributed by atoms with Crippen LogP contribution in [0.4, 0.5) is 0 Å². The van der Waals surface area contributed by atoms with Crippen LogP contribution < -0.4 is 10.5 Å². The number of aliphatic imine (C=N–C) groups is 1. The summed E-state index contributed by atoms with van der Waals surface area (Å²) in [6, 6.07) is 9.53. The van der Waals surface area contributed by atoms with Gasteiger partial charge in [0.1, 0.15) is 18.4 Å². The molecule has 6 atom stereocenters. The van der Waals surface area contributed by atoms with Gasteiger partial charge in [-0.1, -0.05) is 24.3 Å². The van der Waals surface area contributed by atoms with Gasteiger partial charge in [0.2, 0.25) is 0 Å². The summed E-state index contributed by atoms with van der Waals surface area (Å²) in [5.74, 6) is -5.78. The highest BCUT2D eigenvalue weighted by molar-refractivity contribution is 5.87. The first-order valence-electron chi connectivity index (χ1n) is 15.1. The zero-order chi connectivity index (χ0) is 36.0. The first-order valence-corrected chi connectivity index (χ1v) is 15.1. The first-order chi connectivity index (χ1) is 22.7. The Morgan fingerprint density at radius 1 is 0.833 bits per heavy atom. The average Bonchev–Trinajstić information content (AvgIpc) is 3.02. The molecule has 2 rings (SSSR count). The fourth-order valence-electron chi connectivity index (χ4n) is 4.67. The van der Waals surface area contributed by atoms with Crippen molar-refractivity contribution in [2.45, 2.75) is 83.8 Å². The van der Waals surface area contributed by atoms with Crippen LogP contribution in [-0.2, 0) is 52.5 Å². The molecule has 5 unspecified atom stereocenters. The van der Waals surface area contributed by atoms with Gasteiger partial charge in [0, 0.05) is 33.9 Å². The van der Waals surface area contributed by atoms with Crippen LogP contribution in [0.3, 0.4) is 0 Å². The minimum Gasteiger partial charge on any atom is -0.497 e. The lowest BCUT2D eigenvalue weighted by molar-refractivity contribution is -0.198. The molecule has 0 aliphatic heterocycles. The van der Waals surface area contributed by atoms with Crippen LogP contribution >= 0.6 is 0 Å². The normalized spacial score (nSPS) is 14.9. The lowest BCUT2D eigenvalue weighted by Gasteiger charge is -2.34. The monoisotopic (exact) mass is 674 g/mol. The Kier molecular flexibility index (Phi) is 15.4. The van der Waals surface area contributed by atoms with Gasteiger partial charge in [0.05, 0.1) is 13.0 Å². The molecule has 0 spiro atoms. The number of benzene rings is 2. The van der Waals surface area contributed by atoms with Crippen molar-refractivity contribution in [1.29, 1.82) is 0 Å². The van der Waals surface area contributed by atoms with E-state index in [2.05, 4.69) is 4.99 Å². The highest BCUT2D eigenvalue weighted by Crippen LogP contribution is 2.26. The second kappa shape index (κ2) is 18.9. The van der Waals surface area contributed by atoms with Crippen LogP contribution in [-0.4, -0.2) is 97.9 Å². The van der Waals surface area contributed by atoms with E-state index in [-0.39, 0.29) is 13.0 Å². The van der Waals surface area contributed by atoms with Gasteiger partial charge in [-0.25, -0.2) is 4.79 Å². The zero-order valence-corrected chi connectivity index (χ0v) is 27.7. The Labute approximate surface area is 277 Å². The van der Waals surface area contributed by atoms with Gasteiger partial charge in [0.25, 0.3) is 0 Å². The molecule has 15 nitrogen and oxygen atoms in total. The topological polar surface area (TPSA) is 216 Å². The van der Waals surface area contributed by atoms with Crippen molar-refractivity contribution in [2.24, 2.45) is 10.7 Å². The number of hydrogen-bond donors (Lipinski definition) is 2. The van der Waals surface area contributed by atoms with E-state index in [1.54, 1.807) is 26.2 Å². The SMILES string of the molecule is COc1ccc2cc(C(C)C(=O)OCC(OC(C)=O)C(OC(C)=O)C(OC(C)=O)C(C=N[C@@H](CCCN)C(=O)O)OC(C)=O)ccc2c1. The minimum absolute atomic E-state index is 0.0380. The van der Waals surface area contributed by atoms with E-state index in [1.807, 2.05) is 24.3 Å². The van der Waals surface area contributed by atoms with Gasteiger partial charge in [-0.05, 0) is 54.8 Å². The molecular weight excluding hydrogens is 632 g/mol. The molecule has 48 heavy (non-hydrogen) atoms. The van der Waals surface area contributed by atoms with E-state index in [0.717, 1.165) is 44.7 Å². The highest BCUT2D eigenvalue weighted by Gasteiger charge is 2.44. The van der Waals surface area contributed by atoms with Crippen LogP contribution in [0.1, 0.15) is 58.9 Å². The molecule has 15 heteroatoms. The number of hydrogen-bond acceptors (Lipinski definition) is 14. The molecule has 0 aliphatic carbocycles. The summed E-state index contributed by atoms with van der Waals surface area (Å²) in [6.45, 7) is 5.24. The fourth-order valence-corrected chi connectivity index (χ4v) is 4.67. The predicted octanol–water partition coefficient (Wildman–Crippen LogP) is 2.48. The second-order valence-corrected chi connectivity index (χ2v) is 10.8.